The van der Waals surface area contributed by atoms with Crippen LogP contribution in [-0.2, 0) is 20.9 Å². The molecule has 1 aliphatic carbocycles. The summed E-state index contributed by atoms with van der Waals surface area (Å²) in [4.78, 5) is 30.1. The summed E-state index contributed by atoms with van der Waals surface area (Å²) in [7, 11) is 6.80. The van der Waals surface area contributed by atoms with Gasteiger partial charge in [0.25, 0.3) is 0 Å². The molecule has 0 saturated carbocycles. The Morgan fingerprint density at radius 3 is 2.36 bits per heavy atom. The van der Waals surface area contributed by atoms with Crippen molar-refractivity contribution in [1.82, 2.24) is 15.1 Å². The van der Waals surface area contributed by atoms with Crippen LogP contribution < -0.4 is 24.3 Å². The first-order valence-electron chi connectivity index (χ1n) is 15.6. The van der Waals surface area contributed by atoms with E-state index in [4.69, 9.17) is 28.1 Å². The lowest BCUT2D eigenvalue weighted by molar-refractivity contribution is -0.146. The topological polar surface area (TPSA) is 112 Å². The van der Waals surface area contributed by atoms with Gasteiger partial charge in [0.15, 0.2) is 18.1 Å². The van der Waals surface area contributed by atoms with Crippen molar-refractivity contribution < 1.29 is 37.7 Å². The molecule has 1 aromatic heterocycles. The van der Waals surface area contributed by atoms with E-state index < -0.39 is 5.97 Å². The van der Waals surface area contributed by atoms with Crippen molar-refractivity contribution in [2.24, 2.45) is 0 Å². The number of allylic oxidation sites excluding steroid dienone is 2. The Morgan fingerprint density at radius 2 is 1.70 bits per heavy atom. The lowest BCUT2D eigenvalue weighted by atomic mass is 10.00. The predicted molar refractivity (Wildman–Crippen MR) is 179 cm³/mol. The van der Waals surface area contributed by atoms with Crippen LogP contribution in [-0.4, -0.2) is 96.0 Å². The number of hydrogen-bond acceptors (Lipinski definition) is 10. The molecule has 0 atom stereocenters. The SMILES string of the molecule is COc1ccc2c(c1)C(CC(=O)NCc1ccco1)=C(C)/C2=C/c1cc(OC)c(OCC(=O)OCCN2CCN(C)CC2)c(OC)c1. The van der Waals surface area contributed by atoms with E-state index in [0.29, 0.717) is 48.5 Å². The van der Waals surface area contributed by atoms with Gasteiger partial charge in [-0.15, -0.1) is 0 Å². The van der Waals surface area contributed by atoms with E-state index in [0.717, 1.165) is 59.6 Å². The van der Waals surface area contributed by atoms with E-state index in [1.165, 1.54) is 14.2 Å². The Labute approximate surface area is 275 Å². The highest BCUT2D eigenvalue weighted by Crippen LogP contribution is 2.46. The van der Waals surface area contributed by atoms with E-state index in [2.05, 4.69) is 22.2 Å². The maximum atomic E-state index is 13.0. The van der Waals surface area contributed by atoms with Crippen LogP contribution >= 0.6 is 0 Å². The number of furan rings is 1. The van der Waals surface area contributed by atoms with Gasteiger partial charge in [-0.05, 0) is 89.9 Å². The van der Waals surface area contributed by atoms with E-state index in [9.17, 15) is 9.59 Å². The first-order valence-corrected chi connectivity index (χ1v) is 15.6. The average molecular weight is 646 g/mol. The van der Waals surface area contributed by atoms with Crippen molar-refractivity contribution in [2.45, 2.75) is 19.9 Å². The molecule has 11 nitrogen and oxygen atoms in total. The number of rotatable bonds is 14. The predicted octanol–water partition coefficient (Wildman–Crippen LogP) is 4.51. The second-order valence-corrected chi connectivity index (χ2v) is 11.5. The molecular weight excluding hydrogens is 602 g/mol. The minimum Gasteiger partial charge on any atom is -0.497 e. The van der Waals surface area contributed by atoms with Gasteiger partial charge in [0, 0.05) is 32.7 Å². The fourth-order valence-electron chi connectivity index (χ4n) is 5.76. The van der Waals surface area contributed by atoms with Gasteiger partial charge in [0.2, 0.25) is 11.7 Å². The van der Waals surface area contributed by atoms with Crippen molar-refractivity contribution >= 4 is 29.1 Å². The van der Waals surface area contributed by atoms with Crippen molar-refractivity contribution in [1.29, 1.82) is 0 Å². The van der Waals surface area contributed by atoms with Crippen LogP contribution in [0.1, 0.15) is 35.8 Å². The lowest BCUT2D eigenvalue weighted by Crippen LogP contribution is -2.45. The standard InChI is InChI=1S/C36H43N3O8/c1-24-29(28-9-8-26(42-3)20-31(28)30(24)21-34(40)37-22-27-7-6-15-45-27)17-25-18-32(43-4)36(33(19-25)44-5)47-23-35(41)46-16-14-39-12-10-38(2)11-13-39/h6-9,15,17-20H,10-14,16,21-23H2,1-5H3,(H,37,40)/b29-17-. The molecule has 1 aliphatic heterocycles. The summed E-state index contributed by atoms with van der Waals surface area (Å²) in [5.41, 5.74) is 5.55. The molecule has 2 aliphatic rings. The third-order valence-corrected chi connectivity index (χ3v) is 8.47. The molecule has 0 radical (unpaired) electrons. The number of ether oxygens (including phenoxy) is 5. The number of benzene rings is 2. The Kier molecular flexibility index (Phi) is 11.2. The molecular formula is C36H43N3O8. The van der Waals surface area contributed by atoms with E-state index in [1.54, 1.807) is 19.4 Å². The first-order chi connectivity index (χ1) is 22.8. The number of amides is 1. The highest BCUT2D eigenvalue weighted by molar-refractivity contribution is 6.08. The molecule has 250 valence electrons. The maximum absolute atomic E-state index is 13.0. The molecule has 0 spiro atoms. The average Bonchev–Trinajstić information content (AvgIpc) is 3.70. The molecule has 2 aromatic carbocycles. The monoisotopic (exact) mass is 645 g/mol. The Morgan fingerprint density at radius 1 is 0.957 bits per heavy atom. The van der Waals surface area contributed by atoms with Gasteiger partial charge < -0.3 is 38.3 Å². The number of nitrogens with zero attached hydrogens (tertiary/aromatic N) is 2. The molecule has 1 fully saturated rings. The summed E-state index contributed by atoms with van der Waals surface area (Å²) in [6, 6.07) is 13.1. The van der Waals surface area contributed by atoms with Crippen molar-refractivity contribution in [2.75, 3.05) is 74.3 Å². The summed E-state index contributed by atoms with van der Waals surface area (Å²) < 4.78 is 33.5. The molecule has 1 saturated heterocycles. The van der Waals surface area contributed by atoms with Crippen LogP contribution in [0.3, 0.4) is 0 Å². The highest BCUT2D eigenvalue weighted by Gasteiger charge is 2.26. The number of piperazine rings is 1. The van der Waals surface area contributed by atoms with E-state index >= 15 is 0 Å². The molecule has 1 amide bonds. The second kappa shape index (κ2) is 15.7. The second-order valence-electron chi connectivity index (χ2n) is 11.5. The van der Waals surface area contributed by atoms with Crippen molar-refractivity contribution in [3.8, 4) is 23.0 Å². The number of nitrogens with one attached hydrogen (secondary N) is 1. The van der Waals surface area contributed by atoms with Crippen molar-refractivity contribution in [3.63, 3.8) is 0 Å². The fraction of sp³-hybridized carbons (Fsp3) is 0.389. The normalized spacial score (nSPS) is 15.8. The molecule has 3 aromatic rings. The van der Waals surface area contributed by atoms with Gasteiger partial charge >= 0.3 is 5.97 Å². The largest absolute Gasteiger partial charge is 0.497 e. The molecule has 0 bridgehead atoms. The zero-order valence-electron chi connectivity index (χ0n) is 27.7. The van der Waals surface area contributed by atoms with Gasteiger partial charge in [-0.3, -0.25) is 9.69 Å². The van der Waals surface area contributed by atoms with Crippen LogP contribution in [0.5, 0.6) is 23.0 Å². The summed E-state index contributed by atoms with van der Waals surface area (Å²) in [6.45, 7) is 6.97. The first kappa shape index (κ1) is 33.6. The van der Waals surface area contributed by atoms with Crippen molar-refractivity contribution in [3.05, 3.63) is 76.8 Å². The zero-order chi connectivity index (χ0) is 33.3. The molecule has 47 heavy (non-hydrogen) atoms. The number of esters is 1. The minimum absolute atomic E-state index is 0.117. The van der Waals surface area contributed by atoms with Gasteiger partial charge in [-0.1, -0.05) is 6.07 Å². The minimum atomic E-state index is -0.464. The highest BCUT2D eigenvalue weighted by atomic mass is 16.6. The Bertz CT molecular complexity index is 1600. The lowest BCUT2D eigenvalue weighted by Gasteiger charge is -2.32. The van der Waals surface area contributed by atoms with Crippen LogP contribution in [0, 0.1) is 0 Å². The van der Waals surface area contributed by atoms with Crippen LogP contribution in [0.4, 0.5) is 0 Å². The number of carbonyl (C=O) groups is 2. The molecule has 0 unspecified atom stereocenters. The Hall–Kier alpha value is -4.74. The summed E-state index contributed by atoms with van der Waals surface area (Å²) in [5, 5.41) is 2.94. The fourth-order valence-corrected chi connectivity index (χ4v) is 5.76. The third-order valence-electron chi connectivity index (χ3n) is 8.47. The maximum Gasteiger partial charge on any atom is 0.344 e. The van der Waals surface area contributed by atoms with E-state index in [-0.39, 0.29) is 18.9 Å². The molecule has 1 N–H and O–H groups in total. The van der Waals surface area contributed by atoms with Crippen LogP contribution in [0.2, 0.25) is 0 Å². The van der Waals surface area contributed by atoms with Gasteiger partial charge in [0.1, 0.15) is 18.1 Å². The van der Waals surface area contributed by atoms with Gasteiger partial charge in [-0.2, -0.15) is 0 Å². The number of methoxy groups -OCH3 is 3. The quantitative estimate of drug-likeness (QED) is 0.252. The number of carbonyl (C=O) groups excluding carboxylic acids is 2. The van der Waals surface area contributed by atoms with Crippen LogP contribution in [0.15, 0.2) is 58.7 Å². The molecule has 11 heteroatoms. The molecule has 2 heterocycles. The third kappa shape index (κ3) is 8.35. The Balaban J connectivity index is 1.32. The zero-order valence-corrected chi connectivity index (χ0v) is 27.7. The number of likely N-dealkylation sites (N-methyl/N-ethyl adjacent to an activating group) is 1. The smallest absolute Gasteiger partial charge is 0.344 e. The van der Waals surface area contributed by atoms with Crippen LogP contribution in [0.25, 0.3) is 17.2 Å². The van der Waals surface area contributed by atoms with Gasteiger partial charge in [0.05, 0.1) is 40.6 Å². The number of hydrogen-bond donors (Lipinski definition) is 1. The molecule has 5 rings (SSSR count). The summed E-state index contributed by atoms with van der Waals surface area (Å²) in [5.74, 6) is 1.94. The number of fused-ring (bicyclic) bond motifs is 1. The summed E-state index contributed by atoms with van der Waals surface area (Å²) >= 11 is 0. The summed E-state index contributed by atoms with van der Waals surface area (Å²) in [6.07, 6.45) is 3.79. The van der Waals surface area contributed by atoms with E-state index in [1.807, 2.05) is 49.4 Å². The van der Waals surface area contributed by atoms with Gasteiger partial charge in [-0.25, -0.2) is 4.79 Å².